The second-order valence-electron chi connectivity index (χ2n) is 5.37. The molecular weight excluding hydrogens is 270 g/mol. The number of imidazole rings is 1. The maximum absolute atomic E-state index is 6.21. The molecule has 1 saturated heterocycles. The van der Waals surface area contributed by atoms with Crippen molar-refractivity contribution >= 4 is 5.84 Å². The average Bonchev–Trinajstić information content (AvgIpc) is 2.82. The summed E-state index contributed by atoms with van der Waals surface area (Å²) in [6, 6.07) is 0.548. The fraction of sp³-hybridized carbons (Fsp3) is 0.538. The van der Waals surface area contributed by atoms with Crippen molar-refractivity contribution in [2.75, 3.05) is 13.1 Å². The molecule has 8 nitrogen and oxygen atoms in total. The number of hydrogen-bond acceptors (Lipinski definition) is 7. The first-order valence-electron chi connectivity index (χ1n) is 7.06. The van der Waals surface area contributed by atoms with Crippen LogP contribution in [0.3, 0.4) is 0 Å². The molecule has 0 radical (unpaired) electrons. The number of aromatic nitrogens is 2. The number of rotatable bonds is 3. The van der Waals surface area contributed by atoms with Crippen LogP contribution in [0.15, 0.2) is 23.5 Å². The van der Waals surface area contributed by atoms with Gasteiger partial charge >= 0.3 is 0 Å². The van der Waals surface area contributed by atoms with Crippen LogP contribution in [0.5, 0.6) is 6.01 Å². The first-order chi connectivity index (χ1) is 10.1. The quantitative estimate of drug-likeness (QED) is 0.573. The van der Waals surface area contributed by atoms with Crippen LogP contribution < -0.4 is 26.8 Å². The highest BCUT2D eigenvalue weighted by molar-refractivity contribution is 5.92. The van der Waals surface area contributed by atoms with Gasteiger partial charge in [0.1, 0.15) is 17.6 Å². The Morgan fingerprint density at radius 2 is 2.19 bits per heavy atom. The van der Waals surface area contributed by atoms with E-state index in [-0.39, 0.29) is 6.10 Å². The molecule has 0 aliphatic carbocycles. The SMILES string of the molecule is Cn1cc(C2(N)N=C(N)C=CN2)nc1OC1CCNCC1. The number of hydrogen-bond donors (Lipinski definition) is 4. The Hall–Kier alpha value is -2.06. The number of piperidine rings is 1. The monoisotopic (exact) mass is 291 g/mol. The fourth-order valence-electron chi connectivity index (χ4n) is 2.46. The Balaban J connectivity index is 1.79. The summed E-state index contributed by atoms with van der Waals surface area (Å²) >= 11 is 0. The predicted molar refractivity (Wildman–Crippen MR) is 79.5 cm³/mol. The highest BCUT2D eigenvalue weighted by Crippen LogP contribution is 2.23. The Morgan fingerprint density at radius 1 is 1.43 bits per heavy atom. The highest BCUT2D eigenvalue weighted by Gasteiger charge is 2.31. The van der Waals surface area contributed by atoms with Gasteiger partial charge in [0.2, 0.25) is 5.79 Å². The van der Waals surface area contributed by atoms with Crippen LogP contribution in [0, 0.1) is 0 Å². The topological polar surface area (TPSA) is 116 Å². The number of aryl methyl sites for hydroxylation is 1. The van der Waals surface area contributed by atoms with Crippen molar-refractivity contribution in [3.05, 3.63) is 24.2 Å². The normalized spacial score (nSPS) is 26.3. The molecule has 1 fully saturated rings. The summed E-state index contributed by atoms with van der Waals surface area (Å²) < 4.78 is 7.78. The first kappa shape index (κ1) is 13.9. The van der Waals surface area contributed by atoms with Gasteiger partial charge in [-0.1, -0.05) is 0 Å². The zero-order valence-electron chi connectivity index (χ0n) is 12.0. The molecule has 2 aliphatic rings. The lowest BCUT2D eigenvalue weighted by atomic mass is 10.1. The number of amidine groups is 1. The molecule has 2 aliphatic heterocycles. The van der Waals surface area contributed by atoms with Crippen molar-refractivity contribution in [1.29, 1.82) is 0 Å². The van der Waals surface area contributed by atoms with Gasteiger partial charge in [0.15, 0.2) is 0 Å². The maximum atomic E-state index is 6.21. The number of nitrogens with two attached hydrogens (primary N) is 2. The third kappa shape index (κ3) is 2.86. The molecule has 1 aromatic rings. The molecule has 114 valence electrons. The molecule has 1 atom stereocenters. The molecule has 0 bridgehead atoms. The van der Waals surface area contributed by atoms with Crippen molar-refractivity contribution in [1.82, 2.24) is 20.2 Å². The molecule has 0 saturated carbocycles. The van der Waals surface area contributed by atoms with Crippen molar-refractivity contribution in [2.24, 2.45) is 23.5 Å². The summed E-state index contributed by atoms with van der Waals surface area (Å²) in [5, 5.41) is 6.28. The highest BCUT2D eigenvalue weighted by atomic mass is 16.5. The minimum Gasteiger partial charge on any atom is -0.461 e. The smallest absolute Gasteiger partial charge is 0.296 e. The molecule has 0 aromatic carbocycles. The van der Waals surface area contributed by atoms with Crippen molar-refractivity contribution in [2.45, 2.75) is 24.7 Å². The molecule has 1 aromatic heterocycles. The van der Waals surface area contributed by atoms with E-state index in [9.17, 15) is 0 Å². The van der Waals surface area contributed by atoms with Crippen LogP contribution in [0.1, 0.15) is 18.5 Å². The molecule has 6 N–H and O–H groups in total. The van der Waals surface area contributed by atoms with Crippen molar-refractivity contribution in [3.63, 3.8) is 0 Å². The Morgan fingerprint density at radius 3 is 2.90 bits per heavy atom. The second kappa shape index (κ2) is 5.38. The van der Waals surface area contributed by atoms with Gasteiger partial charge in [0, 0.05) is 19.4 Å². The van der Waals surface area contributed by atoms with Crippen LogP contribution in [0.4, 0.5) is 0 Å². The third-order valence-electron chi connectivity index (χ3n) is 3.65. The lowest BCUT2D eigenvalue weighted by Gasteiger charge is -2.26. The molecule has 0 spiro atoms. The third-order valence-corrected chi connectivity index (χ3v) is 3.65. The van der Waals surface area contributed by atoms with Crippen LogP contribution >= 0.6 is 0 Å². The van der Waals surface area contributed by atoms with Gasteiger partial charge in [-0.15, -0.1) is 0 Å². The molecule has 3 heterocycles. The van der Waals surface area contributed by atoms with Crippen LogP contribution in [0.25, 0.3) is 0 Å². The van der Waals surface area contributed by atoms with Crippen LogP contribution in [0.2, 0.25) is 0 Å². The molecular formula is C13H21N7O. The Kier molecular flexibility index (Phi) is 3.56. The second-order valence-corrected chi connectivity index (χ2v) is 5.37. The van der Waals surface area contributed by atoms with E-state index in [0.717, 1.165) is 25.9 Å². The van der Waals surface area contributed by atoms with Gasteiger partial charge in [-0.2, -0.15) is 4.98 Å². The van der Waals surface area contributed by atoms with E-state index in [4.69, 9.17) is 16.2 Å². The number of aliphatic imine (C=N–C) groups is 1. The predicted octanol–water partition coefficient (Wildman–Crippen LogP) is -0.906. The van der Waals surface area contributed by atoms with Gasteiger partial charge in [-0.05, 0) is 32.0 Å². The standard InChI is InChI=1S/C13H21N7O/c1-20-8-10(13(15)17-7-4-11(14)19-13)18-12(20)21-9-2-5-16-6-3-9/h4,7-9,16-17H,2-3,5-6,15H2,1H3,(H2,14,19). The van der Waals surface area contributed by atoms with Gasteiger partial charge < -0.3 is 25.7 Å². The minimum atomic E-state index is -1.15. The number of ether oxygens (including phenoxy) is 1. The molecule has 0 amide bonds. The summed E-state index contributed by atoms with van der Waals surface area (Å²) in [7, 11) is 1.88. The summed E-state index contributed by atoms with van der Waals surface area (Å²) in [6.07, 6.45) is 7.26. The van der Waals surface area contributed by atoms with Crippen molar-refractivity contribution in [3.8, 4) is 6.01 Å². The zero-order valence-corrected chi connectivity index (χ0v) is 12.0. The van der Waals surface area contributed by atoms with Gasteiger partial charge in [-0.25, -0.2) is 4.99 Å². The van der Waals surface area contributed by atoms with Crippen molar-refractivity contribution < 1.29 is 4.74 Å². The van der Waals surface area contributed by atoms with Crippen LogP contribution in [-0.4, -0.2) is 34.6 Å². The summed E-state index contributed by atoms with van der Waals surface area (Å²) in [6.45, 7) is 1.94. The van der Waals surface area contributed by atoms with E-state index in [2.05, 4.69) is 20.6 Å². The number of nitrogens with one attached hydrogen (secondary N) is 2. The Labute approximate surface area is 123 Å². The van der Waals surface area contributed by atoms with E-state index in [1.54, 1.807) is 18.5 Å². The van der Waals surface area contributed by atoms with E-state index >= 15 is 0 Å². The lowest BCUT2D eigenvalue weighted by Crippen LogP contribution is -2.49. The summed E-state index contributed by atoms with van der Waals surface area (Å²) in [5.41, 5.74) is 12.5. The van der Waals surface area contributed by atoms with E-state index < -0.39 is 5.79 Å². The van der Waals surface area contributed by atoms with Gasteiger partial charge in [0.25, 0.3) is 6.01 Å². The molecule has 1 unspecified atom stereocenters. The van der Waals surface area contributed by atoms with E-state index in [1.165, 1.54) is 0 Å². The summed E-state index contributed by atoms with van der Waals surface area (Å²) in [4.78, 5) is 8.69. The molecule has 3 rings (SSSR count). The fourth-order valence-corrected chi connectivity index (χ4v) is 2.46. The minimum absolute atomic E-state index is 0.182. The summed E-state index contributed by atoms with van der Waals surface area (Å²) in [5.74, 6) is -0.783. The Bertz CT molecular complexity index is 573. The van der Waals surface area contributed by atoms with E-state index in [0.29, 0.717) is 17.5 Å². The largest absolute Gasteiger partial charge is 0.461 e. The zero-order chi connectivity index (χ0) is 14.9. The average molecular weight is 291 g/mol. The molecule has 8 heteroatoms. The molecule has 21 heavy (non-hydrogen) atoms. The van der Waals surface area contributed by atoms with Gasteiger partial charge in [-0.3, -0.25) is 5.73 Å². The lowest BCUT2D eigenvalue weighted by molar-refractivity contribution is 0.144. The number of nitrogens with zero attached hydrogens (tertiary/aromatic N) is 3. The first-order valence-corrected chi connectivity index (χ1v) is 7.06. The maximum Gasteiger partial charge on any atom is 0.296 e. The van der Waals surface area contributed by atoms with Crippen LogP contribution in [-0.2, 0) is 12.8 Å². The van der Waals surface area contributed by atoms with E-state index in [1.807, 2.05) is 11.6 Å². The van der Waals surface area contributed by atoms with Gasteiger partial charge in [0.05, 0.1) is 0 Å².